The van der Waals surface area contributed by atoms with Crippen molar-refractivity contribution >= 4 is 29.1 Å². The molecule has 106 valence electrons. The first-order chi connectivity index (χ1) is 9.56. The van der Waals surface area contributed by atoms with Crippen molar-refractivity contribution in [2.45, 2.75) is 17.2 Å². The number of hydrogen-bond acceptors (Lipinski definition) is 2. The Morgan fingerprint density at radius 1 is 1.10 bits per heavy atom. The van der Waals surface area contributed by atoms with Crippen LogP contribution in [0.4, 0.5) is 18.9 Å². The van der Waals surface area contributed by atoms with Crippen LogP contribution in [0.15, 0.2) is 47.4 Å². The zero-order valence-electron chi connectivity index (χ0n) is 10.2. The monoisotopic (exact) mass is 317 g/mol. The quantitative estimate of drug-likeness (QED) is 0.740. The van der Waals surface area contributed by atoms with Crippen LogP contribution in [0.25, 0.3) is 0 Å². The van der Waals surface area contributed by atoms with E-state index in [2.05, 4.69) is 5.32 Å². The van der Waals surface area contributed by atoms with Crippen molar-refractivity contribution in [2.75, 3.05) is 5.32 Å². The van der Waals surface area contributed by atoms with Crippen LogP contribution in [0.3, 0.4) is 0 Å². The Bertz CT molecular complexity index is 575. The Labute approximate surface area is 124 Å². The fourth-order valence-electron chi connectivity index (χ4n) is 1.64. The minimum atomic E-state index is -2.44. The number of thioether (sulfide) groups is 1. The lowest BCUT2D eigenvalue weighted by Gasteiger charge is -2.09. The van der Waals surface area contributed by atoms with E-state index in [1.807, 2.05) is 0 Å². The van der Waals surface area contributed by atoms with E-state index in [-0.39, 0.29) is 11.6 Å². The van der Waals surface area contributed by atoms with Gasteiger partial charge in [0, 0.05) is 22.7 Å². The highest BCUT2D eigenvalue weighted by Crippen LogP contribution is 2.26. The van der Waals surface area contributed by atoms with E-state index in [4.69, 9.17) is 11.6 Å². The standard InChI is InChI=1S/C14H11ClF3NS/c15-12-3-1-2-9(13(12)16)8-19-10-4-6-11(7-5-10)20-14(17)18/h1-7,14,19H,8H2. The fraction of sp³-hybridized carbons (Fsp3) is 0.143. The number of alkyl halides is 2. The van der Waals surface area contributed by atoms with E-state index in [0.717, 1.165) is 5.69 Å². The largest absolute Gasteiger partial charge is 0.381 e. The van der Waals surface area contributed by atoms with E-state index in [1.165, 1.54) is 6.07 Å². The topological polar surface area (TPSA) is 12.0 Å². The molecule has 0 bridgehead atoms. The molecule has 0 aliphatic heterocycles. The van der Waals surface area contributed by atoms with E-state index in [9.17, 15) is 13.2 Å². The van der Waals surface area contributed by atoms with E-state index in [1.54, 1.807) is 36.4 Å². The molecule has 0 unspecified atom stereocenters. The first-order valence-electron chi connectivity index (χ1n) is 5.78. The zero-order valence-corrected chi connectivity index (χ0v) is 11.8. The van der Waals surface area contributed by atoms with Gasteiger partial charge in [-0.15, -0.1) is 0 Å². The lowest BCUT2D eigenvalue weighted by atomic mass is 10.2. The molecule has 0 saturated heterocycles. The molecule has 1 N–H and O–H groups in total. The minimum Gasteiger partial charge on any atom is -0.381 e. The summed E-state index contributed by atoms with van der Waals surface area (Å²) in [5.74, 6) is -2.89. The Morgan fingerprint density at radius 3 is 2.45 bits per heavy atom. The second-order valence-electron chi connectivity index (χ2n) is 3.97. The third-order valence-corrected chi connectivity index (χ3v) is 3.61. The van der Waals surface area contributed by atoms with Crippen LogP contribution in [0.5, 0.6) is 0 Å². The molecule has 2 aromatic carbocycles. The summed E-state index contributed by atoms with van der Waals surface area (Å²) in [7, 11) is 0. The highest BCUT2D eigenvalue weighted by atomic mass is 35.5. The normalized spacial score (nSPS) is 10.8. The zero-order chi connectivity index (χ0) is 14.5. The predicted octanol–water partition coefficient (Wildman–Crippen LogP) is 5.41. The maximum Gasteiger partial charge on any atom is 0.288 e. The van der Waals surface area contributed by atoms with E-state index >= 15 is 0 Å². The molecule has 0 heterocycles. The van der Waals surface area contributed by atoms with E-state index in [0.29, 0.717) is 22.2 Å². The maximum absolute atomic E-state index is 13.7. The van der Waals surface area contributed by atoms with Crippen LogP contribution in [0.1, 0.15) is 5.56 Å². The van der Waals surface area contributed by atoms with Crippen molar-refractivity contribution in [1.82, 2.24) is 0 Å². The summed E-state index contributed by atoms with van der Waals surface area (Å²) in [6.45, 7) is 0.272. The molecule has 0 fully saturated rings. The molecule has 1 nitrogen and oxygen atoms in total. The molecule has 0 saturated carbocycles. The van der Waals surface area contributed by atoms with Gasteiger partial charge < -0.3 is 5.32 Å². The van der Waals surface area contributed by atoms with Crippen molar-refractivity contribution in [2.24, 2.45) is 0 Å². The van der Waals surface area contributed by atoms with Gasteiger partial charge in [-0.3, -0.25) is 0 Å². The van der Waals surface area contributed by atoms with E-state index < -0.39 is 11.6 Å². The Hall–Kier alpha value is -1.33. The van der Waals surface area contributed by atoms with Crippen molar-refractivity contribution in [3.63, 3.8) is 0 Å². The highest BCUT2D eigenvalue weighted by molar-refractivity contribution is 7.99. The van der Waals surface area contributed by atoms with Gasteiger partial charge in [0.2, 0.25) is 0 Å². The second kappa shape index (κ2) is 6.90. The van der Waals surface area contributed by atoms with Gasteiger partial charge in [0.05, 0.1) is 5.02 Å². The Kier molecular flexibility index (Phi) is 5.20. The molecule has 2 aromatic rings. The van der Waals surface area contributed by atoms with Crippen molar-refractivity contribution in [1.29, 1.82) is 0 Å². The number of benzene rings is 2. The molecule has 20 heavy (non-hydrogen) atoms. The van der Waals surface area contributed by atoms with Gasteiger partial charge in [0.25, 0.3) is 5.76 Å². The van der Waals surface area contributed by atoms with Gasteiger partial charge >= 0.3 is 0 Å². The fourth-order valence-corrected chi connectivity index (χ4v) is 2.33. The highest BCUT2D eigenvalue weighted by Gasteiger charge is 2.07. The molecule has 0 aromatic heterocycles. The number of anilines is 1. The molecular formula is C14H11ClF3NS. The van der Waals surface area contributed by atoms with Gasteiger partial charge in [-0.25, -0.2) is 4.39 Å². The molecule has 2 rings (SSSR count). The molecule has 0 aliphatic carbocycles. The van der Waals surface area contributed by atoms with Gasteiger partial charge in [0.1, 0.15) is 5.82 Å². The molecule has 0 amide bonds. The second-order valence-corrected chi connectivity index (χ2v) is 5.44. The number of hydrogen-bond donors (Lipinski definition) is 1. The van der Waals surface area contributed by atoms with Crippen LogP contribution in [-0.4, -0.2) is 5.76 Å². The summed E-state index contributed by atoms with van der Waals surface area (Å²) < 4.78 is 38.0. The third-order valence-electron chi connectivity index (χ3n) is 2.59. The van der Waals surface area contributed by atoms with Crippen molar-refractivity contribution in [3.05, 3.63) is 58.9 Å². The summed E-state index contributed by atoms with van der Waals surface area (Å²) in [4.78, 5) is 0.486. The molecular weight excluding hydrogens is 307 g/mol. The predicted molar refractivity (Wildman–Crippen MR) is 77.0 cm³/mol. The van der Waals surface area contributed by atoms with Crippen LogP contribution in [-0.2, 0) is 6.54 Å². The smallest absolute Gasteiger partial charge is 0.288 e. The SMILES string of the molecule is Fc1c(Cl)cccc1CNc1ccc(SC(F)F)cc1. The van der Waals surface area contributed by atoms with Gasteiger partial charge in [0.15, 0.2) is 0 Å². The summed E-state index contributed by atoms with van der Waals surface area (Å²) in [5, 5.41) is 3.09. The molecule has 6 heteroatoms. The molecule has 0 radical (unpaired) electrons. The van der Waals surface area contributed by atoms with Gasteiger partial charge in [-0.1, -0.05) is 35.5 Å². The number of nitrogens with one attached hydrogen (secondary N) is 1. The molecule has 0 aliphatic rings. The lowest BCUT2D eigenvalue weighted by molar-refractivity contribution is 0.252. The Balaban J connectivity index is 1.99. The molecule has 0 atom stereocenters. The average Bonchev–Trinajstić information content (AvgIpc) is 2.41. The van der Waals surface area contributed by atoms with Gasteiger partial charge in [-0.2, -0.15) is 8.78 Å². The van der Waals surface area contributed by atoms with Crippen LogP contribution in [0.2, 0.25) is 5.02 Å². The van der Waals surface area contributed by atoms with Crippen LogP contribution in [0, 0.1) is 5.82 Å². The summed E-state index contributed by atoms with van der Waals surface area (Å²) in [5.41, 5.74) is 1.17. The van der Waals surface area contributed by atoms with Crippen molar-refractivity contribution in [3.8, 4) is 0 Å². The van der Waals surface area contributed by atoms with Gasteiger partial charge in [-0.05, 0) is 30.3 Å². The van der Waals surface area contributed by atoms with Crippen LogP contribution >= 0.6 is 23.4 Å². The first-order valence-corrected chi connectivity index (χ1v) is 7.03. The third kappa shape index (κ3) is 4.08. The number of halogens is 4. The van der Waals surface area contributed by atoms with Crippen LogP contribution < -0.4 is 5.32 Å². The summed E-state index contributed by atoms with van der Waals surface area (Å²) in [6, 6.07) is 11.3. The molecule has 0 spiro atoms. The Morgan fingerprint density at radius 2 is 1.80 bits per heavy atom. The first kappa shape index (κ1) is 15.1. The lowest BCUT2D eigenvalue weighted by Crippen LogP contribution is -2.02. The average molecular weight is 318 g/mol. The maximum atomic E-state index is 13.7. The summed E-state index contributed by atoms with van der Waals surface area (Å²) >= 11 is 6.18. The minimum absolute atomic E-state index is 0.0768. The summed E-state index contributed by atoms with van der Waals surface area (Å²) in [6.07, 6.45) is 0. The van der Waals surface area contributed by atoms with Crippen molar-refractivity contribution < 1.29 is 13.2 Å². The number of rotatable bonds is 5.